The number of rotatable bonds is 5. The van der Waals surface area contributed by atoms with E-state index < -0.39 is 0 Å². The van der Waals surface area contributed by atoms with Crippen LogP contribution in [0.4, 0.5) is 5.13 Å². The summed E-state index contributed by atoms with van der Waals surface area (Å²) in [6.45, 7) is 7.43. The number of aromatic nitrogens is 1. The maximum absolute atomic E-state index is 5.90. The van der Waals surface area contributed by atoms with Crippen molar-refractivity contribution in [1.29, 1.82) is 0 Å². The topological polar surface area (TPSA) is 45.4 Å². The molecule has 2 N–H and O–H groups in total. The van der Waals surface area contributed by atoms with Gasteiger partial charge in [0.15, 0.2) is 5.13 Å². The molecule has 1 aliphatic rings. The van der Waals surface area contributed by atoms with Gasteiger partial charge in [-0.05, 0) is 45.3 Å². The van der Waals surface area contributed by atoms with Gasteiger partial charge in [0.05, 0.1) is 5.69 Å². The van der Waals surface area contributed by atoms with Gasteiger partial charge in [-0.1, -0.05) is 13.8 Å². The molecule has 114 valence electrons. The summed E-state index contributed by atoms with van der Waals surface area (Å²) in [5, 5.41) is 1.15. The lowest BCUT2D eigenvalue weighted by Crippen LogP contribution is -2.41. The molecule has 1 saturated heterocycles. The first-order valence-electron chi connectivity index (χ1n) is 7.67. The van der Waals surface area contributed by atoms with E-state index in [9.17, 15) is 0 Å². The molecule has 2 rings (SSSR count). The third-order valence-corrected chi connectivity index (χ3v) is 5.70. The second-order valence-corrected chi connectivity index (χ2v) is 7.03. The molecule has 1 atom stereocenters. The smallest absolute Gasteiger partial charge is 0.185 e. The fourth-order valence-electron chi connectivity index (χ4n) is 2.76. The number of hydrogen-bond donors (Lipinski definition) is 1. The van der Waals surface area contributed by atoms with Crippen molar-refractivity contribution in [2.45, 2.75) is 51.6 Å². The molecule has 0 saturated carbocycles. The lowest BCUT2D eigenvalue weighted by atomic mass is 10.0. The van der Waals surface area contributed by atoms with Crippen LogP contribution in [0, 0.1) is 0 Å². The molecule has 0 bridgehead atoms. The summed E-state index contributed by atoms with van der Waals surface area (Å²) < 4.78 is 0. The predicted molar refractivity (Wildman–Crippen MR) is 87.6 cm³/mol. The van der Waals surface area contributed by atoms with Crippen molar-refractivity contribution in [2.75, 3.05) is 32.1 Å². The summed E-state index contributed by atoms with van der Waals surface area (Å²) in [4.78, 5) is 10.9. The van der Waals surface area contributed by atoms with Gasteiger partial charge in [-0.25, -0.2) is 4.98 Å². The normalized spacial score (nSPS) is 19.2. The number of nitrogens with zero attached hydrogens (tertiary/aromatic N) is 3. The number of likely N-dealkylation sites (tertiary alicyclic amines) is 1. The highest BCUT2D eigenvalue weighted by Gasteiger charge is 2.24. The molecular weight excluding hydrogens is 268 g/mol. The SMILES string of the molecule is CCC(C)c1nc(N(C)C2CCN(C)CC2)sc1CN. The molecule has 1 aliphatic heterocycles. The van der Waals surface area contributed by atoms with Crippen LogP contribution in [0.3, 0.4) is 0 Å². The standard InChI is InChI=1S/C15H28N4S/c1-5-11(2)14-13(10-16)20-15(17-14)19(4)12-6-8-18(3)9-7-12/h11-12H,5-10,16H2,1-4H3. The Labute approximate surface area is 127 Å². The molecule has 1 unspecified atom stereocenters. The predicted octanol–water partition coefficient (Wildman–Crippen LogP) is 2.65. The first kappa shape index (κ1) is 15.7. The van der Waals surface area contributed by atoms with E-state index in [2.05, 4.69) is 37.7 Å². The van der Waals surface area contributed by atoms with Crippen molar-refractivity contribution < 1.29 is 0 Å². The summed E-state index contributed by atoms with van der Waals surface area (Å²) in [5.41, 5.74) is 7.12. The highest BCUT2D eigenvalue weighted by atomic mass is 32.1. The van der Waals surface area contributed by atoms with Crippen molar-refractivity contribution in [3.8, 4) is 0 Å². The third-order valence-electron chi connectivity index (χ3n) is 4.52. The van der Waals surface area contributed by atoms with Gasteiger partial charge in [-0.3, -0.25) is 0 Å². The lowest BCUT2D eigenvalue weighted by Gasteiger charge is -2.34. The number of anilines is 1. The average molecular weight is 296 g/mol. The highest BCUT2D eigenvalue weighted by Crippen LogP contribution is 2.33. The Morgan fingerprint density at radius 1 is 1.45 bits per heavy atom. The van der Waals surface area contributed by atoms with Crippen LogP contribution in [0.15, 0.2) is 0 Å². The monoisotopic (exact) mass is 296 g/mol. The summed E-state index contributed by atoms with van der Waals surface area (Å²) in [5.74, 6) is 0.504. The zero-order chi connectivity index (χ0) is 14.7. The molecule has 1 fully saturated rings. The summed E-state index contributed by atoms with van der Waals surface area (Å²) >= 11 is 1.78. The van der Waals surface area contributed by atoms with Crippen LogP contribution in [0.5, 0.6) is 0 Å². The zero-order valence-electron chi connectivity index (χ0n) is 13.2. The first-order chi connectivity index (χ1) is 9.56. The molecule has 4 nitrogen and oxygen atoms in total. The van der Waals surface area contributed by atoms with E-state index in [4.69, 9.17) is 10.7 Å². The van der Waals surface area contributed by atoms with Crippen LogP contribution in [0.25, 0.3) is 0 Å². The number of piperidine rings is 1. The number of nitrogens with two attached hydrogens (primary N) is 1. The minimum absolute atomic E-state index is 0.504. The van der Waals surface area contributed by atoms with Gasteiger partial charge in [0.2, 0.25) is 0 Å². The largest absolute Gasteiger partial charge is 0.348 e. The fourth-order valence-corrected chi connectivity index (χ4v) is 3.86. The van der Waals surface area contributed by atoms with Crippen molar-refractivity contribution >= 4 is 16.5 Å². The van der Waals surface area contributed by atoms with Gasteiger partial charge in [0.1, 0.15) is 0 Å². The van der Waals surface area contributed by atoms with Crippen molar-refractivity contribution in [2.24, 2.45) is 5.73 Å². The maximum atomic E-state index is 5.90. The Balaban J connectivity index is 2.13. The Morgan fingerprint density at radius 2 is 2.10 bits per heavy atom. The van der Waals surface area contributed by atoms with Crippen molar-refractivity contribution in [3.63, 3.8) is 0 Å². The van der Waals surface area contributed by atoms with Crippen molar-refractivity contribution in [1.82, 2.24) is 9.88 Å². The molecular formula is C15H28N4S. The van der Waals surface area contributed by atoms with Gasteiger partial charge in [-0.2, -0.15) is 0 Å². The number of hydrogen-bond acceptors (Lipinski definition) is 5. The Morgan fingerprint density at radius 3 is 2.65 bits per heavy atom. The van der Waals surface area contributed by atoms with Crippen LogP contribution in [0.2, 0.25) is 0 Å². The van der Waals surface area contributed by atoms with E-state index in [0.717, 1.165) is 11.6 Å². The van der Waals surface area contributed by atoms with Gasteiger partial charge in [-0.15, -0.1) is 11.3 Å². The molecule has 0 spiro atoms. The lowest BCUT2D eigenvalue weighted by molar-refractivity contribution is 0.253. The molecule has 1 aromatic heterocycles. The molecule has 2 heterocycles. The minimum Gasteiger partial charge on any atom is -0.348 e. The van der Waals surface area contributed by atoms with Gasteiger partial charge >= 0.3 is 0 Å². The van der Waals surface area contributed by atoms with Crippen LogP contribution < -0.4 is 10.6 Å². The Hall–Kier alpha value is -0.650. The Kier molecular flexibility index (Phi) is 5.41. The quantitative estimate of drug-likeness (QED) is 0.907. The minimum atomic E-state index is 0.504. The average Bonchev–Trinajstić information content (AvgIpc) is 2.90. The van der Waals surface area contributed by atoms with Crippen LogP contribution in [-0.2, 0) is 6.54 Å². The van der Waals surface area contributed by atoms with Gasteiger partial charge < -0.3 is 15.5 Å². The molecule has 5 heteroatoms. The molecule has 0 aromatic carbocycles. The van der Waals surface area contributed by atoms with E-state index in [1.54, 1.807) is 11.3 Å². The molecule has 0 aliphatic carbocycles. The number of thiazole rings is 1. The molecule has 0 amide bonds. The van der Waals surface area contributed by atoms with E-state index in [-0.39, 0.29) is 0 Å². The summed E-state index contributed by atoms with van der Waals surface area (Å²) in [6, 6.07) is 0.618. The molecule has 1 aromatic rings. The van der Waals surface area contributed by atoms with Crippen LogP contribution >= 0.6 is 11.3 Å². The first-order valence-corrected chi connectivity index (χ1v) is 8.49. The maximum Gasteiger partial charge on any atom is 0.185 e. The third kappa shape index (κ3) is 3.32. The van der Waals surface area contributed by atoms with Gasteiger partial charge in [0, 0.05) is 24.5 Å². The van der Waals surface area contributed by atoms with Crippen molar-refractivity contribution in [3.05, 3.63) is 10.6 Å². The zero-order valence-corrected chi connectivity index (χ0v) is 14.0. The Bertz CT molecular complexity index is 424. The second kappa shape index (κ2) is 6.87. The summed E-state index contributed by atoms with van der Waals surface area (Å²) in [7, 11) is 4.39. The van der Waals surface area contributed by atoms with Gasteiger partial charge in [0.25, 0.3) is 0 Å². The van der Waals surface area contributed by atoms with Crippen LogP contribution in [0.1, 0.15) is 49.6 Å². The van der Waals surface area contributed by atoms with E-state index >= 15 is 0 Å². The summed E-state index contributed by atoms with van der Waals surface area (Å²) in [6.07, 6.45) is 3.57. The molecule has 0 radical (unpaired) electrons. The van der Waals surface area contributed by atoms with E-state index in [0.29, 0.717) is 18.5 Å². The van der Waals surface area contributed by atoms with Crippen LogP contribution in [-0.4, -0.2) is 43.1 Å². The second-order valence-electron chi connectivity index (χ2n) is 5.96. The van der Waals surface area contributed by atoms with E-state index in [1.165, 1.54) is 36.5 Å². The highest BCUT2D eigenvalue weighted by molar-refractivity contribution is 7.15. The molecule has 20 heavy (non-hydrogen) atoms. The fraction of sp³-hybridized carbons (Fsp3) is 0.800. The van der Waals surface area contributed by atoms with E-state index in [1.807, 2.05) is 0 Å².